The van der Waals surface area contributed by atoms with Gasteiger partial charge in [0.15, 0.2) is 11.5 Å². The van der Waals surface area contributed by atoms with Gasteiger partial charge in [0.25, 0.3) is 0 Å². The Bertz CT molecular complexity index is 451. The van der Waals surface area contributed by atoms with E-state index in [0.29, 0.717) is 0 Å². The molecule has 86 valence electrons. The molecule has 0 aromatic heterocycles. The minimum absolute atomic E-state index is 0.785. The molecule has 0 aliphatic carbocycles. The number of benzene rings is 1. The Morgan fingerprint density at radius 3 is 1.25 bits per heavy atom. The Kier molecular flexibility index (Phi) is 3.16. The van der Waals surface area contributed by atoms with Crippen molar-refractivity contribution in [3.63, 3.8) is 0 Å². The first kappa shape index (κ1) is 12.4. The Morgan fingerprint density at radius 2 is 1.06 bits per heavy atom. The van der Waals surface area contributed by atoms with Crippen molar-refractivity contribution < 1.29 is 30.0 Å². The van der Waals surface area contributed by atoms with Crippen LogP contribution in [-0.4, -0.2) is 32.4 Å². The molecule has 1 aromatic rings. The fourth-order valence-corrected chi connectivity index (χ4v) is 1.60. The molecule has 16 heavy (non-hydrogen) atoms. The minimum Gasteiger partial charge on any atom is -0.503 e. The van der Waals surface area contributed by atoms with Crippen LogP contribution >= 0.6 is 23.2 Å². The number of phenolic OH excluding ortho intramolecular Hbond substituents is 2. The summed E-state index contributed by atoms with van der Waals surface area (Å²) in [7, 11) is 0. The number of aromatic hydroxyl groups is 2. The summed E-state index contributed by atoms with van der Waals surface area (Å²) in [6.07, 6.45) is 0. The average Bonchev–Trinajstić information content (AvgIpc) is 2.18. The summed E-state index contributed by atoms with van der Waals surface area (Å²) in [5.74, 6) is -5.32. The standard InChI is InChI=1S/C8H4Cl2O6/c9-3-1(7(13)14)2(8(15)16)4(10)6(12)5(3)11/h11-12H,(H,13,14)(H,15,16). The highest BCUT2D eigenvalue weighted by Crippen LogP contribution is 2.44. The molecule has 0 heterocycles. The molecule has 1 rings (SSSR count). The lowest BCUT2D eigenvalue weighted by Crippen LogP contribution is -2.10. The largest absolute Gasteiger partial charge is 0.503 e. The van der Waals surface area contributed by atoms with Gasteiger partial charge in [-0.25, -0.2) is 9.59 Å². The van der Waals surface area contributed by atoms with Crippen LogP contribution in [0.25, 0.3) is 0 Å². The quantitative estimate of drug-likeness (QED) is 0.607. The lowest BCUT2D eigenvalue weighted by atomic mass is 10.1. The van der Waals surface area contributed by atoms with Crippen LogP contribution in [-0.2, 0) is 0 Å². The number of carboxylic acid groups (broad SMARTS) is 2. The molecule has 0 saturated heterocycles. The monoisotopic (exact) mass is 266 g/mol. The van der Waals surface area contributed by atoms with E-state index in [4.69, 9.17) is 33.4 Å². The molecule has 0 radical (unpaired) electrons. The van der Waals surface area contributed by atoms with Crippen molar-refractivity contribution >= 4 is 35.1 Å². The first-order chi connectivity index (χ1) is 7.29. The zero-order chi connectivity index (χ0) is 12.6. The number of hydrogen-bond donors (Lipinski definition) is 4. The molecule has 0 bridgehead atoms. The van der Waals surface area contributed by atoms with Crippen LogP contribution in [0.4, 0.5) is 0 Å². The normalized spacial score (nSPS) is 10.1. The van der Waals surface area contributed by atoms with Crippen LogP contribution in [0.2, 0.25) is 10.0 Å². The molecule has 4 N–H and O–H groups in total. The van der Waals surface area contributed by atoms with E-state index in [1.54, 1.807) is 0 Å². The summed E-state index contributed by atoms with van der Waals surface area (Å²) >= 11 is 10.8. The lowest BCUT2D eigenvalue weighted by Gasteiger charge is -2.10. The molecular formula is C8H4Cl2O6. The predicted molar refractivity (Wildman–Crippen MR) is 53.7 cm³/mol. The molecule has 0 aliphatic rings. The van der Waals surface area contributed by atoms with Crippen LogP contribution < -0.4 is 0 Å². The maximum Gasteiger partial charge on any atom is 0.338 e. The number of rotatable bonds is 2. The van der Waals surface area contributed by atoms with E-state index in [0.717, 1.165) is 0 Å². The third kappa shape index (κ3) is 1.72. The van der Waals surface area contributed by atoms with E-state index < -0.39 is 44.6 Å². The van der Waals surface area contributed by atoms with Crippen molar-refractivity contribution in [3.8, 4) is 11.5 Å². The summed E-state index contributed by atoms with van der Waals surface area (Å²) in [4.78, 5) is 21.5. The van der Waals surface area contributed by atoms with Gasteiger partial charge in [0.1, 0.15) is 10.0 Å². The second-order valence-corrected chi connectivity index (χ2v) is 3.44. The first-order valence-corrected chi connectivity index (χ1v) is 4.44. The summed E-state index contributed by atoms with van der Waals surface area (Å²) in [5, 5.41) is 34.3. The summed E-state index contributed by atoms with van der Waals surface area (Å²) < 4.78 is 0. The fraction of sp³-hybridized carbons (Fsp3) is 0. The van der Waals surface area contributed by atoms with Crippen molar-refractivity contribution in [2.75, 3.05) is 0 Å². The molecule has 0 fully saturated rings. The van der Waals surface area contributed by atoms with Crippen molar-refractivity contribution in [2.24, 2.45) is 0 Å². The van der Waals surface area contributed by atoms with Gasteiger partial charge in [0.05, 0.1) is 11.1 Å². The van der Waals surface area contributed by atoms with E-state index in [1.807, 2.05) is 0 Å². The molecule has 0 spiro atoms. The van der Waals surface area contributed by atoms with E-state index in [1.165, 1.54) is 0 Å². The second kappa shape index (κ2) is 4.07. The highest BCUT2D eigenvalue weighted by Gasteiger charge is 2.29. The van der Waals surface area contributed by atoms with Gasteiger partial charge < -0.3 is 20.4 Å². The molecule has 0 aliphatic heterocycles. The van der Waals surface area contributed by atoms with Crippen molar-refractivity contribution in [2.45, 2.75) is 0 Å². The predicted octanol–water partition coefficient (Wildman–Crippen LogP) is 1.80. The molecule has 8 heteroatoms. The van der Waals surface area contributed by atoms with Gasteiger partial charge in [-0.1, -0.05) is 23.2 Å². The van der Waals surface area contributed by atoms with Crippen LogP contribution in [0.15, 0.2) is 0 Å². The average molecular weight is 267 g/mol. The number of carboxylic acids is 2. The summed E-state index contributed by atoms with van der Waals surface area (Å²) in [6, 6.07) is 0. The van der Waals surface area contributed by atoms with Gasteiger partial charge in [-0.05, 0) is 0 Å². The smallest absolute Gasteiger partial charge is 0.338 e. The minimum atomic E-state index is -1.68. The second-order valence-electron chi connectivity index (χ2n) is 2.69. The molecule has 0 amide bonds. The maximum atomic E-state index is 10.8. The van der Waals surface area contributed by atoms with Gasteiger partial charge in [-0.3, -0.25) is 0 Å². The molecule has 0 atom stereocenters. The Morgan fingerprint density at radius 1 is 0.812 bits per heavy atom. The number of phenols is 2. The van der Waals surface area contributed by atoms with E-state index in [-0.39, 0.29) is 0 Å². The maximum absolute atomic E-state index is 10.8. The van der Waals surface area contributed by atoms with E-state index in [2.05, 4.69) is 0 Å². The summed E-state index contributed by atoms with van der Waals surface area (Å²) in [6.45, 7) is 0. The van der Waals surface area contributed by atoms with Gasteiger partial charge in [0, 0.05) is 0 Å². The number of carbonyl (C=O) groups is 2. The highest BCUT2D eigenvalue weighted by molar-refractivity contribution is 6.40. The van der Waals surface area contributed by atoms with Crippen LogP contribution in [0.3, 0.4) is 0 Å². The Balaban J connectivity index is 3.83. The van der Waals surface area contributed by atoms with Crippen molar-refractivity contribution in [1.82, 2.24) is 0 Å². The van der Waals surface area contributed by atoms with Crippen LogP contribution in [0.5, 0.6) is 11.5 Å². The lowest BCUT2D eigenvalue weighted by molar-refractivity contribution is 0.0651. The highest BCUT2D eigenvalue weighted by atomic mass is 35.5. The van der Waals surface area contributed by atoms with Gasteiger partial charge in [0.2, 0.25) is 0 Å². The fourth-order valence-electron chi connectivity index (χ4n) is 1.07. The molecule has 0 unspecified atom stereocenters. The number of aromatic carboxylic acids is 2. The first-order valence-electron chi connectivity index (χ1n) is 3.68. The number of hydrogen-bond acceptors (Lipinski definition) is 4. The SMILES string of the molecule is O=C(O)c1c(Cl)c(O)c(O)c(Cl)c1C(=O)O. The topological polar surface area (TPSA) is 115 Å². The van der Waals surface area contributed by atoms with Crippen molar-refractivity contribution in [3.05, 3.63) is 21.2 Å². The van der Waals surface area contributed by atoms with E-state index >= 15 is 0 Å². The zero-order valence-electron chi connectivity index (χ0n) is 7.36. The molecule has 0 saturated carbocycles. The third-order valence-corrected chi connectivity index (χ3v) is 2.49. The van der Waals surface area contributed by atoms with Gasteiger partial charge in [-0.2, -0.15) is 0 Å². The van der Waals surface area contributed by atoms with Crippen molar-refractivity contribution in [1.29, 1.82) is 0 Å². The number of halogens is 2. The van der Waals surface area contributed by atoms with Gasteiger partial charge in [-0.15, -0.1) is 0 Å². The van der Waals surface area contributed by atoms with Crippen LogP contribution in [0.1, 0.15) is 20.7 Å². The van der Waals surface area contributed by atoms with Gasteiger partial charge >= 0.3 is 11.9 Å². The Hall–Kier alpha value is -1.66. The zero-order valence-corrected chi connectivity index (χ0v) is 8.87. The molecular weight excluding hydrogens is 263 g/mol. The molecule has 6 nitrogen and oxygen atoms in total. The summed E-state index contributed by atoms with van der Waals surface area (Å²) in [5.41, 5.74) is -1.76. The Labute approximate surface area is 98.3 Å². The third-order valence-electron chi connectivity index (χ3n) is 1.76. The molecule has 1 aromatic carbocycles. The van der Waals surface area contributed by atoms with Crippen LogP contribution in [0, 0.1) is 0 Å². The van der Waals surface area contributed by atoms with E-state index in [9.17, 15) is 19.8 Å².